The van der Waals surface area contributed by atoms with Gasteiger partial charge in [0.05, 0.1) is 13.2 Å². The molecule has 2 atom stereocenters. The summed E-state index contributed by atoms with van der Waals surface area (Å²) in [7, 11) is 1.79. The molecule has 0 aromatic rings. The van der Waals surface area contributed by atoms with E-state index < -0.39 is 0 Å². The number of nitrogens with zero attached hydrogens (tertiary/aromatic N) is 1. The number of likely N-dealkylation sites (tertiary alicyclic amines) is 1. The lowest BCUT2D eigenvalue weighted by Crippen LogP contribution is -2.49. The fourth-order valence-corrected chi connectivity index (χ4v) is 3.23. The molecule has 0 aromatic heterocycles. The second-order valence-corrected chi connectivity index (χ2v) is 6.89. The molecule has 0 aromatic carbocycles. The molecular weight excluding hydrogens is 252 g/mol. The van der Waals surface area contributed by atoms with Crippen molar-refractivity contribution in [3.8, 4) is 0 Å². The van der Waals surface area contributed by atoms with Crippen LogP contribution in [-0.4, -0.2) is 61.5 Å². The molecule has 0 saturated carbocycles. The van der Waals surface area contributed by atoms with Crippen molar-refractivity contribution < 1.29 is 9.84 Å². The minimum Gasteiger partial charge on any atom is -0.394 e. The van der Waals surface area contributed by atoms with E-state index in [0.29, 0.717) is 6.04 Å². The number of rotatable bonds is 10. The summed E-state index contributed by atoms with van der Waals surface area (Å²) in [5.74, 6) is 0.727. The van der Waals surface area contributed by atoms with Gasteiger partial charge in [0.1, 0.15) is 0 Å². The highest BCUT2D eigenvalue weighted by atomic mass is 16.5. The van der Waals surface area contributed by atoms with Crippen molar-refractivity contribution in [3.05, 3.63) is 0 Å². The van der Waals surface area contributed by atoms with Crippen LogP contribution in [0.2, 0.25) is 0 Å². The van der Waals surface area contributed by atoms with Gasteiger partial charge in [-0.3, -0.25) is 0 Å². The first-order valence-corrected chi connectivity index (χ1v) is 8.09. The molecule has 1 rings (SSSR count). The Morgan fingerprint density at radius 2 is 2.15 bits per heavy atom. The molecule has 0 bridgehead atoms. The zero-order chi connectivity index (χ0) is 15.0. The van der Waals surface area contributed by atoms with Crippen LogP contribution in [0.4, 0.5) is 0 Å². The molecule has 0 amide bonds. The van der Waals surface area contributed by atoms with Crippen molar-refractivity contribution in [1.29, 1.82) is 0 Å². The molecule has 4 nitrogen and oxygen atoms in total. The number of ether oxygens (including phenoxy) is 1. The minimum atomic E-state index is -0.127. The molecule has 1 aliphatic heterocycles. The summed E-state index contributed by atoms with van der Waals surface area (Å²) in [5, 5.41) is 13.0. The van der Waals surface area contributed by atoms with Crippen LogP contribution in [0.1, 0.15) is 46.5 Å². The second kappa shape index (κ2) is 8.98. The van der Waals surface area contributed by atoms with Crippen molar-refractivity contribution in [1.82, 2.24) is 10.2 Å². The van der Waals surface area contributed by atoms with Gasteiger partial charge >= 0.3 is 0 Å². The lowest BCUT2D eigenvalue weighted by Gasteiger charge is -2.31. The van der Waals surface area contributed by atoms with Gasteiger partial charge in [-0.1, -0.05) is 20.3 Å². The van der Waals surface area contributed by atoms with Crippen LogP contribution in [0.5, 0.6) is 0 Å². The van der Waals surface area contributed by atoms with Gasteiger partial charge in [-0.2, -0.15) is 0 Å². The van der Waals surface area contributed by atoms with Crippen molar-refractivity contribution in [2.45, 2.75) is 58.0 Å². The van der Waals surface area contributed by atoms with Gasteiger partial charge in [0.25, 0.3) is 0 Å². The summed E-state index contributed by atoms with van der Waals surface area (Å²) in [6.07, 6.45) is 4.70. The SMILES string of the molecule is COCC1CCN(CCCCC(C)(CO)NC(C)C)C1. The molecule has 0 radical (unpaired) electrons. The molecular formula is C16H34N2O2. The van der Waals surface area contributed by atoms with Crippen molar-refractivity contribution in [3.63, 3.8) is 0 Å². The second-order valence-electron chi connectivity index (χ2n) is 6.89. The molecule has 1 saturated heterocycles. The quantitative estimate of drug-likeness (QED) is 0.602. The maximum atomic E-state index is 9.55. The third-order valence-corrected chi connectivity index (χ3v) is 4.21. The molecule has 4 heteroatoms. The standard InChI is InChI=1S/C16H34N2O2/c1-14(2)17-16(3,13-19)8-5-6-9-18-10-7-15(11-18)12-20-4/h14-15,17,19H,5-13H2,1-4H3. The molecule has 0 spiro atoms. The first-order valence-electron chi connectivity index (χ1n) is 8.09. The first-order chi connectivity index (χ1) is 9.49. The van der Waals surface area contributed by atoms with Gasteiger partial charge in [0.2, 0.25) is 0 Å². The Hall–Kier alpha value is -0.160. The summed E-state index contributed by atoms with van der Waals surface area (Å²) in [4.78, 5) is 2.55. The van der Waals surface area contributed by atoms with E-state index in [1.165, 1.54) is 38.9 Å². The Kier molecular flexibility index (Phi) is 8.03. The van der Waals surface area contributed by atoms with Crippen LogP contribution in [0.15, 0.2) is 0 Å². The number of aliphatic hydroxyl groups excluding tert-OH is 1. The normalized spacial score (nSPS) is 23.4. The molecule has 120 valence electrons. The molecule has 1 heterocycles. The molecule has 0 aliphatic carbocycles. The van der Waals surface area contributed by atoms with E-state index in [1.54, 1.807) is 7.11 Å². The number of hydrogen-bond donors (Lipinski definition) is 2. The highest BCUT2D eigenvalue weighted by Crippen LogP contribution is 2.18. The largest absolute Gasteiger partial charge is 0.394 e. The molecule has 20 heavy (non-hydrogen) atoms. The highest BCUT2D eigenvalue weighted by molar-refractivity contribution is 4.84. The van der Waals surface area contributed by atoms with Gasteiger partial charge in [0.15, 0.2) is 0 Å². The third kappa shape index (κ3) is 6.53. The average molecular weight is 286 g/mol. The van der Waals surface area contributed by atoms with Crippen LogP contribution in [0, 0.1) is 5.92 Å². The zero-order valence-corrected chi connectivity index (χ0v) is 13.8. The average Bonchev–Trinajstić information content (AvgIpc) is 2.82. The third-order valence-electron chi connectivity index (χ3n) is 4.21. The Labute approximate surface area is 124 Å². The van der Waals surface area contributed by atoms with E-state index in [1.807, 2.05) is 0 Å². The van der Waals surface area contributed by atoms with Gasteiger partial charge in [-0.25, -0.2) is 0 Å². The topological polar surface area (TPSA) is 44.7 Å². The van der Waals surface area contributed by atoms with Crippen LogP contribution >= 0.6 is 0 Å². The van der Waals surface area contributed by atoms with E-state index in [4.69, 9.17) is 4.74 Å². The van der Waals surface area contributed by atoms with E-state index in [9.17, 15) is 5.11 Å². The first kappa shape index (κ1) is 17.9. The highest BCUT2D eigenvalue weighted by Gasteiger charge is 2.24. The molecule has 1 aliphatic rings. The van der Waals surface area contributed by atoms with Crippen molar-refractivity contribution in [2.24, 2.45) is 5.92 Å². The molecule has 2 unspecified atom stereocenters. The minimum absolute atomic E-state index is 0.127. The number of nitrogens with one attached hydrogen (secondary N) is 1. The van der Waals surface area contributed by atoms with E-state index in [0.717, 1.165) is 18.9 Å². The summed E-state index contributed by atoms with van der Waals surface area (Å²) >= 11 is 0. The Morgan fingerprint density at radius 1 is 1.40 bits per heavy atom. The van der Waals surface area contributed by atoms with Crippen LogP contribution in [0.25, 0.3) is 0 Å². The molecule has 1 fully saturated rings. The smallest absolute Gasteiger partial charge is 0.0610 e. The van der Waals surface area contributed by atoms with Gasteiger partial charge in [-0.15, -0.1) is 0 Å². The Bertz CT molecular complexity index is 261. The van der Waals surface area contributed by atoms with Gasteiger partial charge in [0, 0.05) is 25.2 Å². The van der Waals surface area contributed by atoms with Crippen molar-refractivity contribution in [2.75, 3.05) is 40.0 Å². The van der Waals surface area contributed by atoms with Crippen LogP contribution in [0.3, 0.4) is 0 Å². The lowest BCUT2D eigenvalue weighted by atomic mass is 9.95. The molecule has 2 N–H and O–H groups in total. The van der Waals surface area contributed by atoms with E-state index in [2.05, 4.69) is 31.0 Å². The summed E-state index contributed by atoms with van der Waals surface area (Å²) in [6.45, 7) is 11.1. The van der Waals surface area contributed by atoms with Gasteiger partial charge < -0.3 is 20.1 Å². The predicted molar refractivity (Wildman–Crippen MR) is 84.0 cm³/mol. The number of methoxy groups -OCH3 is 1. The zero-order valence-electron chi connectivity index (χ0n) is 13.8. The number of aliphatic hydroxyl groups is 1. The van der Waals surface area contributed by atoms with E-state index in [-0.39, 0.29) is 12.1 Å². The van der Waals surface area contributed by atoms with Crippen molar-refractivity contribution >= 4 is 0 Å². The Balaban J connectivity index is 2.15. The number of unbranched alkanes of at least 4 members (excludes halogenated alkanes) is 1. The summed E-state index contributed by atoms with van der Waals surface area (Å²) in [5.41, 5.74) is -0.127. The Morgan fingerprint density at radius 3 is 2.75 bits per heavy atom. The lowest BCUT2D eigenvalue weighted by molar-refractivity contribution is 0.148. The van der Waals surface area contributed by atoms with Crippen LogP contribution in [-0.2, 0) is 4.74 Å². The summed E-state index contributed by atoms with van der Waals surface area (Å²) < 4.78 is 5.23. The fourth-order valence-electron chi connectivity index (χ4n) is 3.23. The maximum absolute atomic E-state index is 9.55. The van der Waals surface area contributed by atoms with E-state index >= 15 is 0 Å². The number of hydrogen-bond acceptors (Lipinski definition) is 4. The fraction of sp³-hybridized carbons (Fsp3) is 1.00. The van der Waals surface area contributed by atoms with Gasteiger partial charge in [-0.05, 0) is 45.2 Å². The predicted octanol–water partition coefficient (Wildman–Crippen LogP) is 1.87. The maximum Gasteiger partial charge on any atom is 0.0610 e. The monoisotopic (exact) mass is 286 g/mol. The summed E-state index contributed by atoms with van der Waals surface area (Å²) in [6, 6.07) is 0.417. The van der Waals surface area contributed by atoms with Crippen LogP contribution < -0.4 is 5.32 Å².